The van der Waals surface area contributed by atoms with Crippen LogP contribution in [0, 0.1) is 0 Å². The van der Waals surface area contributed by atoms with Gasteiger partial charge in [0.15, 0.2) is 0 Å². The molecule has 0 bridgehead atoms. The first kappa shape index (κ1) is 25.2. The van der Waals surface area contributed by atoms with Crippen molar-refractivity contribution in [1.82, 2.24) is 9.88 Å². The van der Waals surface area contributed by atoms with Gasteiger partial charge < -0.3 is 24.7 Å². The van der Waals surface area contributed by atoms with Crippen LogP contribution in [0.3, 0.4) is 0 Å². The Hall–Kier alpha value is -3.88. The first-order valence-electron chi connectivity index (χ1n) is 11.9. The molecule has 1 fully saturated rings. The van der Waals surface area contributed by atoms with E-state index < -0.39 is 36.9 Å². The predicted molar refractivity (Wildman–Crippen MR) is 131 cm³/mol. The third-order valence-electron chi connectivity index (χ3n) is 6.14. The van der Waals surface area contributed by atoms with E-state index in [1.165, 1.54) is 4.90 Å². The van der Waals surface area contributed by atoms with Gasteiger partial charge in [-0.3, -0.25) is 0 Å². The number of carbonyl (C=O) groups is 2. The van der Waals surface area contributed by atoms with E-state index in [1.807, 2.05) is 42.5 Å². The number of alkyl halides is 2. The van der Waals surface area contributed by atoms with Crippen LogP contribution in [0.5, 0.6) is 0 Å². The number of anilines is 1. The Morgan fingerprint density at radius 1 is 1.08 bits per heavy atom. The van der Waals surface area contributed by atoms with Gasteiger partial charge in [0, 0.05) is 32.1 Å². The topological polar surface area (TPSA) is 83.7 Å². The monoisotopic (exact) mass is 497 g/mol. The molecule has 36 heavy (non-hydrogen) atoms. The van der Waals surface area contributed by atoms with E-state index in [2.05, 4.69) is 10.3 Å². The molecule has 0 spiro atoms. The number of nitrogens with one attached hydrogen (secondary N) is 2. The van der Waals surface area contributed by atoms with Crippen LogP contribution in [-0.2, 0) is 22.6 Å². The van der Waals surface area contributed by atoms with Crippen molar-refractivity contribution in [2.45, 2.75) is 44.9 Å². The van der Waals surface area contributed by atoms with Crippen molar-refractivity contribution in [2.75, 3.05) is 18.5 Å². The van der Waals surface area contributed by atoms with Gasteiger partial charge >= 0.3 is 12.1 Å². The highest BCUT2D eigenvalue weighted by Crippen LogP contribution is 2.41. The van der Waals surface area contributed by atoms with Crippen LogP contribution in [0.1, 0.15) is 53.0 Å². The van der Waals surface area contributed by atoms with Crippen LogP contribution < -0.4 is 5.32 Å². The Morgan fingerprint density at radius 3 is 2.61 bits per heavy atom. The van der Waals surface area contributed by atoms with Crippen molar-refractivity contribution in [3.63, 3.8) is 0 Å². The number of rotatable bonds is 8. The normalized spacial score (nSPS) is 16.9. The van der Waals surface area contributed by atoms with Crippen molar-refractivity contribution in [3.05, 3.63) is 89.2 Å². The summed E-state index contributed by atoms with van der Waals surface area (Å²) in [6, 6.07) is 17.2. The van der Waals surface area contributed by atoms with Crippen molar-refractivity contribution < 1.29 is 27.8 Å². The van der Waals surface area contributed by atoms with Crippen molar-refractivity contribution >= 4 is 17.7 Å². The predicted octanol–water partition coefficient (Wildman–Crippen LogP) is 5.91. The fourth-order valence-corrected chi connectivity index (χ4v) is 4.33. The van der Waals surface area contributed by atoms with E-state index in [0.717, 1.165) is 11.1 Å². The van der Waals surface area contributed by atoms with E-state index in [1.54, 1.807) is 31.3 Å². The van der Waals surface area contributed by atoms with Crippen molar-refractivity contribution in [3.8, 4) is 0 Å². The lowest BCUT2D eigenvalue weighted by molar-refractivity contribution is -0.0754. The number of esters is 1. The van der Waals surface area contributed by atoms with Gasteiger partial charge in [-0.2, -0.15) is 0 Å². The van der Waals surface area contributed by atoms with E-state index in [0.29, 0.717) is 11.3 Å². The largest absolute Gasteiger partial charge is 0.461 e. The number of ether oxygens (including phenoxy) is 2. The Bertz CT molecular complexity index is 1180. The van der Waals surface area contributed by atoms with Gasteiger partial charge in [0.2, 0.25) is 0 Å². The quantitative estimate of drug-likeness (QED) is 0.378. The number of hydrogen-bond acceptors (Lipinski definition) is 5. The number of carbonyl (C=O) groups excluding carboxylic acids is 2. The molecular weight excluding hydrogens is 468 g/mol. The maximum atomic E-state index is 14.5. The number of amides is 1. The lowest BCUT2D eigenvalue weighted by Gasteiger charge is -2.39. The zero-order valence-corrected chi connectivity index (χ0v) is 20.0. The molecule has 9 heteroatoms. The summed E-state index contributed by atoms with van der Waals surface area (Å²) in [5.74, 6) is -3.39. The molecule has 2 heterocycles. The SMILES string of the molecule is CCOC(=O)c1[nH]ccc1NCc1ccccc1C1CC(F)(F)CCN1C(=O)OCc1ccccc1. The van der Waals surface area contributed by atoms with Gasteiger partial charge in [-0.05, 0) is 29.7 Å². The fraction of sp³-hybridized carbons (Fsp3) is 0.333. The number of H-pyrrole nitrogens is 1. The summed E-state index contributed by atoms with van der Waals surface area (Å²) in [4.78, 5) is 29.4. The maximum absolute atomic E-state index is 14.5. The zero-order valence-electron chi connectivity index (χ0n) is 20.0. The molecular formula is C27H29F2N3O4. The third kappa shape index (κ3) is 6.02. The highest BCUT2D eigenvalue weighted by molar-refractivity contribution is 5.93. The molecule has 1 aliphatic rings. The molecule has 3 aromatic rings. The number of aromatic nitrogens is 1. The summed E-state index contributed by atoms with van der Waals surface area (Å²) in [5, 5.41) is 3.19. The third-order valence-corrected chi connectivity index (χ3v) is 6.14. The summed E-state index contributed by atoms with van der Waals surface area (Å²) in [5.41, 5.74) is 2.98. The molecule has 1 unspecified atom stereocenters. The molecule has 4 rings (SSSR count). The number of likely N-dealkylation sites (tertiary alicyclic amines) is 1. The summed E-state index contributed by atoms with van der Waals surface area (Å²) < 4.78 is 39.6. The summed E-state index contributed by atoms with van der Waals surface area (Å²) in [6.45, 7) is 2.17. The Kier molecular flexibility index (Phi) is 7.87. The summed E-state index contributed by atoms with van der Waals surface area (Å²) >= 11 is 0. The second kappa shape index (κ2) is 11.2. The highest BCUT2D eigenvalue weighted by Gasteiger charge is 2.43. The molecule has 0 saturated carbocycles. The number of halogens is 2. The molecule has 190 valence electrons. The van der Waals surface area contributed by atoms with Gasteiger partial charge in [-0.15, -0.1) is 0 Å². The van der Waals surface area contributed by atoms with Crippen LogP contribution in [0.4, 0.5) is 19.3 Å². The molecule has 2 N–H and O–H groups in total. The summed E-state index contributed by atoms with van der Waals surface area (Å²) in [6.07, 6.45) is 0.0729. The Labute approximate surface area is 208 Å². The number of piperidine rings is 1. The smallest absolute Gasteiger partial charge is 0.410 e. The minimum atomic E-state index is -2.90. The molecule has 1 aromatic heterocycles. The van der Waals surface area contributed by atoms with E-state index in [-0.39, 0.29) is 32.0 Å². The summed E-state index contributed by atoms with van der Waals surface area (Å²) in [7, 11) is 0. The van der Waals surface area contributed by atoms with Crippen molar-refractivity contribution in [1.29, 1.82) is 0 Å². The van der Waals surface area contributed by atoms with Crippen LogP contribution in [0.15, 0.2) is 66.9 Å². The van der Waals surface area contributed by atoms with E-state index in [4.69, 9.17) is 9.47 Å². The van der Waals surface area contributed by atoms with E-state index in [9.17, 15) is 18.4 Å². The van der Waals surface area contributed by atoms with Crippen LogP contribution in [0.25, 0.3) is 0 Å². The number of aromatic amines is 1. The molecule has 0 radical (unpaired) electrons. The molecule has 2 aromatic carbocycles. The number of hydrogen-bond donors (Lipinski definition) is 2. The molecule has 1 amide bonds. The minimum Gasteiger partial charge on any atom is -0.461 e. The first-order valence-corrected chi connectivity index (χ1v) is 11.9. The Balaban J connectivity index is 1.53. The molecule has 1 saturated heterocycles. The average Bonchev–Trinajstić information content (AvgIpc) is 3.35. The molecule has 1 aliphatic heterocycles. The van der Waals surface area contributed by atoms with Gasteiger partial charge in [0.25, 0.3) is 5.92 Å². The average molecular weight is 498 g/mol. The van der Waals surface area contributed by atoms with Crippen LogP contribution >= 0.6 is 0 Å². The Morgan fingerprint density at radius 2 is 1.83 bits per heavy atom. The minimum absolute atomic E-state index is 0.0621. The lowest BCUT2D eigenvalue weighted by Crippen LogP contribution is -2.45. The molecule has 0 aliphatic carbocycles. The van der Waals surface area contributed by atoms with Crippen LogP contribution in [0.2, 0.25) is 0 Å². The van der Waals surface area contributed by atoms with Gasteiger partial charge in [0.05, 0.1) is 18.3 Å². The van der Waals surface area contributed by atoms with Gasteiger partial charge in [-0.25, -0.2) is 18.4 Å². The highest BCUT2D eigenvalue weighted by atomic mass is 19.3. The van der Waals surface area contributed by atoms with E-state index >= 15 is 0 Å². The zero-order chi connectivity index (χ0) is 25.5. The van der Waals surface area contributed by atoms with Gasteiger partial charge in [0.1, 0.15) is 12.3 Å². The molecule has 7 nitrogen and oxygen atoms in total. The van der Waals surface area contributed by atoms with Crippen molar-refractivity contribution in [2.24, 2.45) is 0 Å². The number of benzene rings is 2. The van der Waals surface area contributed by atoms with Crippen LogP contribution in [-0.4, -0.2) is 41.0 Å². The van der Waals surface area contributed by atoms with Gasteiger partial charge in [-0.1, -0.05) is 54.6 Å². The second-order valence-electron chi connectivity index (χ2n) is 8.60. The standard InChI is InChI=1S/C27H29F2N3O4/c1-2-35-25(33)24-22(12-14-30-24)31-17-20-10-6-7-11-21(20)23-16-27(28,29)13-15-32(23)26(34)36-18-19-8-4-3-5-9-19/h3-12,14,23,30-31H,2,13,15-18H2,1H3. The maximum Gasteiger partial charge on any atom is 0.410 e. The fourth-order valence-electron chi connectivity index (χ4n) is 4.33. The molecule has 1 atom stereocenters. The number of nitrogens with zero attached hydrogens (tertiary/aromatic N) is 1. The first-order chi connectivity index (χ1) is 17.4. The second-order valence-corrected chi connectivity index (χ2v) is 8.60. The lowest BCUT2D eigenvalue weighted by atomic mass is 9.90.